The van der Waals surface area contributed by atoms with Crippen molar-refractivity contribution in [2.75, 3.05) is 13.7 Å². The molecule has 0 aliphatic carbocycles. The van der Waals surface area contributed by atoms with E-state index in [0.29, 0.717) is 30.6 Å². The number of rotatable bonds is 2. The van der Waals surface area contributed by atoms with E-state index in [0.717, 1.165) is 11.1 Å². The summed E-state index contributed by atoms with van der Waals surface area (Å²) < 4.78 is 11.9. The highest BCUT2D eigenvalue weighted by molar-refractivity contribution is 6.43. The van der Waals surface area contributed by atoms with Crippen LogP contribution in [-0.2, 0) is 27.4 Å². The van der Waals surface area contributed by atoms with Crippen LogP contribution in [0.25, 0.3) is 10.9 Å². The molecule has 0 N–H and O–H groups in total. The van der Waals surface area contributed by atoms with Gasteiger partial charge in [-0.1, -0.05) is 18.2 Å². The Morgan fingerprint density at radius 1 is 1.12 bits per heavy atom. The predicted molar refractivity (Wildman–Crippen MR) is 94.9 cm³/mol. The number of hydrogen-bond acceptors (Lipinski definition) is 5. The van der Waals surface area contributed by atoms with Crippen molar-refractivity contribution in [3.8, 4) is 0 Å². The topological polar surface area (TPSA) is 77.8 Å². The van der Waals surface area contributed by atoms with Crippen LogP contribution in [0.15, 0.2) is 24.4 Å². The number of aromatic nitrogens is 1. The number of hydrogen-bond donors (Lipinski definition) is 0. The molecule has 1 aliphatic heterocycles. The lowest BCUT2D eigenvalue weighted by Gasteiger charge is -2.26. The number of methoxy groups -OCH3 is 1. The molecule has 0 bridgehead atoms. The summed E-state index contributed by atoms with van der Waals surface area (Å²) in [6, 6.07) is 5.53. The minimum absolute atomic E-state index is 0.319. The molecule has 7 heteroatoms. The summed E-state index contributed by atoms with van der Waals surface area (Å²) >= 11 is 0. The normalized spacial score (nSPS) is 14.1. The van der Waals surface area contributed by atoms with Crippen LogP contribution < -0.4 is 0 Å². The van der Waals surface area contributed by atoms with E-state index in [-0.39, 0.29) is 6.09 Å². The van der Waals surface area contributed by atoms with Crippen molar-refractivity contribution in [2.24, 2.45) is 0 Å². The van der Waals surface area contributed by atoms with E-state index in [1.165, 1.54) is 7.11 Å². The number of carbonyl (C=O) groups excluding carboxylic acids is 3. The van der Waals surface area contributed by atoms with Gasteiger partial charge in [-0.25, -0.2) is 9.59 Å². The summed E-state index contributed by atoms with van der Waals surface area (Å²) in [6.45, 7) is 6.81. The second kappa shape index (κ2) is 6.48. The Labute approximate surface area is 151 Å². The number of nitrogens with zero attached hydrogens (tertiary/aromatic N) is 2. The summed E-state index contributed by atoms with van der Waals surface area (Å²) in [6.07, 6.45) is 1.29. The molecule has 0 fully saturated rings. The van der Waals surface area contributed by atoms with Crippen molar-refractivity contribution in [3.63, 3.8) is 0 Å². The first kappa shape index (κ1) is 18.0. The van der Waals surface area contributed by atoms with Gasteiger partial charge in [-0.2, -0.15) is 0 Å². The van der Waals surface area contributed by atoms with E-state index in [1.54, 1.807) is 17.2 Å². The molecule has 138 valence electrons. The van der Waals surface area contributed by atoms with Gasteiger partial charge in [0.15, 0.2) is 0 Å². The molecule has 2 heterocycles. The number of esters is 1. The lowest BCUT2D eigenvalue weighted by atomic mass is 10.1. The third-order valence-electron chi connectivity index (χ3n) is 4.22. The van der Waals surface area contributed by atoms with E-state index in [9.17, 15) is 14.4 Å². The first-order valence-electron chi connectivity index (χ1n) is 8.42. The number of para-hydroxylation sites is 1. The minimum Gasteiger partial charge on any atom is -0.463 e. The summed E-state index contributed by atoms with van der Waals surface area (Å²) in [4.78, 5) is 38.0. The SMILES string of the molecule is COC(=O)C(=O)c1cn2c3c(cccc13)CN(C(=O)OC(C)(C)C)CC2. The third-order valence-corrected chi connectivity index (χ3v) is 4.22. The zero-order valence-electron chi connectivity index (χ0n) is 15.4. The Hall–Kier alpha value is -2.83. The van der Waals surface area contributed by atoms with Gasteiger partial charge in [0.1, 0.15) is 5.60 Å². The van der Waals surface area contributed by atoms with Crippen molar-refractivity contribution >= 4 is 28.7 Å². The van der Waals surface area contributed by atoms with Crippen molar-refractivity contribution in [1.82, 2.24) is 9.47 Å². The second-order valence-electron chi connectivity index (χ2n) is 7.27. The van der Waals surface area contributed by atoms with Crippen LogP contribution in [0.4, 0.5) is 4.79 Å². The lowest BCUT2D eigenvalue weighted by molar-refractivity contribution is -0.135. The lowest BCUT2D eigenvalue weighted by Crippen LogP contribution is -2.37. The molecule has 1 aliphatic rings. The zero-order valence-corrected chi connectivity index (χ0v) is 15.4. The zero-order chi connectivity index (χ0) is 19.1. The highest BCUT2D eigenvalue weighted by Gasteiger charge is 2.28. The maximum Gasteiger partial charge on any atom is 0.410 e. The van der Waals surface area contributed by atoms with Gasteiger partial charge in [0.2, 0.25) is 0 Å². The molecule has 7 nitrogen and oxygen atoms in total. The highest BCUT2D eigenvalue weighted by atomic mass is 16.6. The van der Waals surface area contributed by atoms with Gasteiger partial charge in [-0.15, -0.1) is 0 Å². The Morgan fingerprint density at radius 3 is 2.50 bits per heavy atom. The monoisotopic (exact) mass is 358 g/mol. The van der Waals surface area contributed by atoms with Crippen molar-refractivity contribution in [3.05, 3.63) is 35.5 Å². The van der Waals surface area contributed by atoms with Crippen LogP contribution in [0.1, 0.15) is 36.7 Å². The molecule has 1 amide bonds. The first-order valence-corrected chi connectivity index (χ1v) is 8.42. The Bertz CT molecular complexity index is 891. The van der Waals surface area contributed by atoms with Crippen LogP contribution in [0, 0.1) is 0 Å². The predicted octanol–water partition coefficient (Wildman–Crippen LogP) is 2.75. The largest absolute Gasteiger partial charge is 0.463 e. The second-order valence-corrected chi connectivity index (χ2v) is 7.27. The number of amides is 1. The van der Waals surface area contributed by atoms with E-state index in [2.05, 4.69) is 4.74 Å². The molecule has 3 rings (SSSR count). The van der Waals surface area contributed by atoms with Crippen LogP contribution in [0.5, 0.6) is 0 Å². The summed E-state index contributed by atoms with van der Waals surface area (Å²) in [5, 5.41) is 0.684. The fraction of sp³-hybridized carbons (Fsp3) is 0.421. The first-order chi connectivity index (χ1) is 12.2. The molecule has 2 aromatic rings. The average molecular weight is 358 g/mol. The molecule has 0 saturated carbocycles. The number of benzene rings is 1. The molecule has 0 unspecified atom stereocenters. The van der Waals surface area contributed by atoms with Gasteiger partial charge in [0, 0.05) is 24.7 Å². The number of ether oxygens (including phenoxy) is 2. The van der Waals surface area contributed by atoms with Gasteiger partial charge in [-0.3, -0.25) is 4.79 Å². The molecular weight excluding hydrogens is 336 g/mol. The summed E-state index contributed by atoms with van der Waals surface area (Å²) in [7, 11) is 1.19. The van der Waals surface area contributed by atoms with E-state index in [1.807, 2.05) is 37.5 Å². The average Bonchev–Trinajstić information content (AvgIpc) is 2.83. The molecule has 0 radical (unpaired) electrons. The number of Topliss-reactive ketones (excluding diaryl/α,β-unsaturated/α-hetero) is 1. The Balaban J connectivity index is 1.98. The van der Waals surface area contributed by atoms with Crippen LogP contribution in [0.2, 0.25) is 0 Å². The molecule has 1 aromatic carbocycles. The standard InChI is InChI=1S/C19H22N2O5/c1-19(2,3)26-18(24)21-9-8-20-11-14(16(22)17(23)25-4)13-7-5-6-12(10-21)15(13)20/h5-7,11H,8-10H2,1-4H3. The van der Waals surface area contributed by atoms with Gasteiger partial charge < -0.3 is 18.9 Å². The molecule has 26 heavy (non-hydrogen) atoms. The number of ketones is 1. The molecule has 0 saturated heterocycles. The smallest absolute Gasteiger partial charge is 0.410 e. The van der Waals surface area contributed by atoms with Gasteiger partial charge >= 0.3 is 12.1 Å². The van der Waals surface area contributed by atoms with E-state index < -0.39 is 17.4 Å². The van der Waals surface area contributed by atoms with Crippen molar-refractivity contribution in [1.29, 1.82) is 0 Å². The highest BCUT2D eigenvalue weighted by Crippen LogP contribution is 2.29. The molecule has 0 atom stereocenters. The molecule has 1 aromatic heterocycles. The third kappa shape index (κ3) is 3.29. The van der Waals surface area contributed by atoms with Crippen LogP contribution in [0.3, 0.4) is 0 Å². The maximum absolute atomic E-state index is 12.4. The van der Waals surface area contributed by atoms with E-state index >= 15 is 0 Å². The van der Waals surface area contributed by atoms with Crippen LogP contribution in [-0.4, -0.2) is 46.6 Å². The summed E-state index contributed by atoms with van der Waals surface area (Å²) in [5.74, 6) is -1.56. The maximum atomic E-state index is 12.4. The fourth-order valence-electron chi connectivity index (χ4n) is 3.12. The minimum atomic E-state index is -0.887. The Kier molecular flexibility index (Phi) is 4.48. The fourth-order valence-corrected chi connectivity index (χ4v) is 3.12. The van der Waals surface area contributed by atoms with Crippen LogP contribution >= 0.6 is 0 Å². The summed E-state index contributed by atoms with van der Waals surface area (Å²) in [5.41, 5.74) is 1.50. The number of carbonyl (C=O) groups is 3. The van der Waals surface area contributed by atoms with Crippen molar-refractivity contribution < 1.29 is 23.9 Å². The van der Waals surface area contributed by atoms with Gasteiger partial charge in [-0.05, 0) is 26.3 Å². The van der Waals surface area contributed by atoms with Gasteiger partial charge in [0.05, 0.1) is 24.7 Å². The Morgan fingerprint density at radius 2 is 1.85 bits per heavy atom. The quantitative estimate of drug-likeness (QED) is 0.469. The van der Waals surface area contributed by atoms with Gasteiger partial charge in [0.25, 0.3) is 5.78 Å². The molecule has 0 spiro atoms. The van der Waals surface area contributed by atoms with Crippen molar-refractivity contribution in [2.45, 2.75) is 39.5 Å². The molecular formula is C19H22N2O5. The van der Waals surface area contributed by atoms with E-state index in [4.69, 9.17) is 4.74 Å².